The molecule has 104 valence electrons. The Balaban J connectivity index is 2.35. The van der Waals surface area contributed by atoms with Gasteiger partial charge in [-0.05, 0) is 30.2 Å². The van der Waals surface area contributed by atoms with Gasteiger partial charge < -0.3 is 15.7 Å². The molecule has 2 aromatic rings. The first kappa shape index (κ1) is 14.1. The molecule has 0 aliphatic heterocycles. The van der Waals surface area contributed by atoms with Crippen molar-refractivity contribution in [2.24, 2.45) is 10.9 Å². The van der Waals surface area contributed by atoms with Gasteiger partial charge in [0, 0.05) is 17.4 Å². The topological polar surface area (TPSA) is 93.6 Å². The lowest BCUT2D eigenvalue weighted by atomic mass is 10.1. The summed E-state index contributed by atoms with van der Waals surface area (Å²) in [4.78, 5) is 8.01. The van der Waals surface area contributed by atoms with Crippen LogP contribution in [0.15, 0.2) is 35.7 Å². The first-order valence-electron chi connectivity index (χ1n) is 5.91. The van der Waals surface area contributed by atoms with E-state index in [1.54, 1.807) is 12.1 Å². The number of ether oxygens (including phenoxy) is 1. The summed E-state index contributed by atoms with van der Waals surface area (Å²) in [7, 11) is 0. The standard InChI is InChI=1S/C13H13ClN4O2/c1-2-8-7-9(3-4-10(8)14)20-13-11(12(15)18-19)16-5-6-17-13/h3-7,19H,2H2,1H3,(H2,15,18). The zero-order valence-corrected chi connectivity index (χ0v) is 11.5. The number of hydrogen-bond acceptors (Lipinski definition) is 5. The lowest BCUT2D eigenvalue weighted by Gasteiger charge is -2.09. The number of nitrogens with zero attached hydrogens (tertiary/aromatic N) is 3. The van der Waals surface area contributed by atoms with Crippen LogP contribution in [-0.2, 0) is 6.42 Å². The highest BCUT2D eigenvalue weighted by atomic mass is 35.5. The zero-order chi connectivity index (χ0) is 14.5. The van der Waals surface area contributed by atoms with Crippen molar-refractivity contribution < 1.29 is 9.94 Å². The molecule has 0 unspecified atom stereocenters. The number of rotatable bonds is 4. The van der Waals surface area contributed by atoms with Gasteiger partial charge in [-0.15, -0.1) is 0 Å². The summed E-state index contributed by atoms with van der Waals surface area (Å²) >= 11 is 6.05. The third-order valence-corrected chi connectivity index (χ3v) is 3.00. The Labute approximate surface area is 120 Å². The van der Waals surface area contributed by atoms with Gasteiger partial charge in [-0.2, -0.15) is 0 Å². The molecule has 0 aliphatic carbocycles. The Kier molecular flexibility index (Phi) is 4.37. The van der Waals surface area contributed by atoms with Crippen molar-refractivity contribution in [3.05, 3.63) is 46.9 Å². The fraction of sp³-hybridized carbons (Fsp3) is 0.154. The Morgan fingerprint density at radius 2 is 2.15 bits per heavy atom. The molecular weight excluding hydrogens is 280 g/mol. The molecule has 2 rings (SSSR count). The fourth-order valence-electron chi connectivity index (χ4n) is 1.62. The molecule has 1 aromatic heterocycles. The van der Waals surface area contributed by atoms with Crippen molar-refractivity contribution in [3.63, 3.8) is 0 Å². The molecule has 0 atom stereocenters. The second-order valence-electron chi connectivity index (χ2n) is 3.90. The van der Waals surface area contributed by atoms with E-state index < -0.39 is 0 Å². The maximum atomic E-state index is 8.72. The molecule has 0 amide bonds. The average molecular weight is 293 g/mol. The Hall–Kier alpha value is -2.34. The van der Waals surface area contributed by atoms with E-state index in [0.717, 1.165) is 12.0 Å². The van der Waals surface area contributed by atoms with Crippen LogP contribution < -0.4 is 10.5 Å². The SMILES string of the molecule is CCc1cc(Oc2nccnc2C(N)=NO)ccc1Cl. The highest BCUT2D eigenvalue weighted by Gasteiger charge is 2.12. The molecule has 20 heavy (non-hydrogen) atoms. The van der Waals surface area contributed by atoms with Crippen molar-refractivity contribution in [2.45, 2.75) is 13.3 Å². The molecule has 1 aromatic carbocycles. The molecule has 7 heteroatoms. The smallest absolute Gasteiger partial charge is 0.249 e. The normalized spacial score (nSPS) is 11.4. The summed E-state index contributed by atoms with van der Waals surface area (Å²) < 4.78 is 5.63. The first-order valence-corrected chi connectivity index (χ1v) is 6.28. The van der Waals surface area contributed by atoms with Crippen LogP contribution in [-0.4, -0.2) is 21.0 Å². The molecule has 0 saturated heterocycles. The van der Waals surface area contributed by atoms with Gasteiger partial charge in [-0.25, -0.2) is 9.97 Å². The van der Waals surface area contributed by atoms with Crippen LogP contribution in [0.25, 0.3) is 0 Å². The van der Waals surface area contributed by atoms with Gasteiger partial charge >= 0.3 is 0 Å². The summed E-state index contributed by atoms with van der Waals surface area (Å²) in [5, 5.41) is 12.3. The van der Waals surface area contributed by atoms with E-state index >= 15 is 0 Å². The van der Waals surface area contributed by atoms with Crippen LogP contribution in [0.4, 0.5) is 0 Å². The van der Waals surface area contributed by atoms with E-state index in [1.807, 2.05) is 13.0 Å². The molecule has 3 N–H and O–H groups in total. The summed E-state index contributed by atoms with van der Waals surface area (Å²) in [6.45, 7) is 2.00. The summed E-state index contributed by atoms with van der Waals surface area (Å²) in [5.41, 5.74) is 6.65. The van der Waals surface area contributed by atoms with Crippen LogP contribution in [0, 0.1) is 0 Å². The molecule has 0 bridgehead atoms. The zero-order valence-electron chi connectivity index (χ0n) is 10.7. The minimum Gasteiger partial charge on any atom is -0.437 e. The van der Waals surface area contributed by atoms with Gasteiger partial charge in [0.1, 0.15) is 5.75 Å². The predicted molar refractivity (Wildman–Crippen MR) is 75.4 cm³/mol. The number of hydrogen-bond donors (Lipinski definition) is 2. The number of oxime groups is 1. The Morgan fingerprint density at radius 1 is 1.40 bits per heavy atom. The van der Waals surface area contributed by atoms with Crippen molar-refractivity contribution in [1.82, 2.24) is 9.97 Å². The van der Waals surface area contributed by atoms with Crippen LogP contribution >= 0.6 is 11.6 Å². The largest absolute Gasteiger partial charge is 0.437 e. The lowest BCUT2D eigenvalue weighted by molar-refractivity contribution is 0.318. The number of aromatic nitrogens is 2. The molecule has 6 nitrogen and oxygen atoms in total. The molecule has 0 aliphatic rings. The molecular formula is C13H13ClN4O2. The number of nitrogens with two attached hydrogens (primary N) is 1. The number of halogens is 1. The monoisotopic (exact) mass is 292 g/mol. The molecule has 1 heterocycles. The second-order valence-corrected chi connectivity index (χ2v) is 4.31. The van der Waals surface area contributed by atoms with E-state index in [2.05, 4.69) is 15.1 Å². The maximum absolute atomic E-state index is 8.72. The van der Waals surface area contributed by atoms with Gasteiger partial charge in [0.2, 0.25) is 5.88 Å². The second kappa shape index (κ2) is 6.21. The lowest BCUT2D eigenvalue weighted by Crippen LogP contribution is -2.16. The van der Waals surface area contributed by atoms with Crippen LogP contribution in [0.1, 0.15) is 18.2 Å². The fourth-order valence-corrected chi connectivity index (χ4v) is 1.87. The molecule has 0 spiro atoms. The van der Waals surface area contributed by atoms with Crippen molar-refractivity contribution in [1.29, 1.82) is 0 Å². The average Bonchev–Trinajstić information content (AvgIpc) is 2.49. The highest BCUT2D eigenvalue weighted by molar-refractivity contribution is 6.31. The van der Waals surface area contributed by atoms with Crippen LogP contribution in [0.3, 0.4) is 0 Å². The first-order chi connectivity index (χ1) is 9.65. The minimum absolute atomic E-state index is 0.159. The van der Waals surface area contributed by atoms with Crippen molar-refractivity contribution in [3.8, 4) is 11.6 Å². The maximum Gasteiger partial charge on any atom is 0.249 e. The Bertz CT molecular complexity index is 646. The summed E-state index contributed by atoms with van der Waals surface area (Å²) in [6, 6.07) is 5.27. The van der Waals surface area contributed by atoms with E-state index in [1.165, 1.54) is 12.4 Å². The minimum atomic E-state index is -0.169. The number of aryl methyl sites for hydroxylation is 1. The van der Waals surface area contributed by atoms with Crippen LogP contribution in [0.5, 0.6) is 11.6 Å². The Morgan fingerprint density at radius 3 is 2.85 bits per heavy atom. The highest BCUT2D eigenvalue weighted by Crippen LogP contribution is 2.26. The van der Waals surface area contributed by atoms with Crippen molar-refractivity contribution in [2.75, 3.05) is 0 Å². The van der Waals surface area contributed by atoms with Gasteiger partial charge in [0.25, 0.3) is 0 Å². The van der Waals surface area contributed by atoms with E-state index in [-0.39, 0.29) is 17.4 Å². The van der Waals surface area contributed by atoms with E-state index in [4.69, 9.17) is 27.3 Å². The third kappa shape index (κ3) is 2.97. The van der Waals surface area contributed by atoms with Gasteiger partial charge in [0.15, 0.2) is 11.5 Å². The molecule has 0 radical (unpaired) electrons. The van der Waals surface area contributed by atoms with Gasteiger partial charge in [-0.3, -0.25) is 0 Å². The van der Waals surface area contributed by atoms with Gasteiger partial charge in [0.05, 0.1) is 0 Å². The van der Waals surface area contributed by atoms with E-state index in [9.17, 15) is 0 Å². The number of amidine groups is 1. The van der Waals surface area contributed by atoms with Crippen molar-refractivity contribution >= 4 is 17.4 Å². The summed E-state index contributed by atoms with van der Waals surface area (Å²) in [5.74, 6) is 0.545. The molecule has 0 fully saturated rings. The third-order valence-electron chi connectivity index (χ3n) is 2.63. The van der Waals surface area contributed by atoms with Crippen LogP contribution in [0.2, 0.25) is 5.02 Å². The quantitative estimate of drug-likeness (QED) is 0.391. The summed E-state index contributed by atoms with van der Waals surface area (Å²) in [6.07, 6.45) is 3.67. The van der Waals surface area contributed by atoms with E-state index in [0.29, 0.717) is 10.8 Å². The number of benzene rings is 1. The van der Waals surface area contributed by atoms with Gasteiger partial charge in [-0.1, -0.05) is 23.7 Å². The predicted octanol–water partition coefficient (Wildman–Crippen LogP) is 2.58. The molecule has 0 saturated carbocycles.